The Morgan fingerprint density at radius 3 is 2.20 bits per heavy atom. The van der Waals surface area contributed by atoms with E-state index in [-0.39, 0.29) is 13.1 Å². The zero-order valence-corrected chi connectivity index (χ0v) is 11.3. The van der Waals surface area contributed by atoms with Crippen LogP contribution in [0.25, 0.3) is 0 Å². The maximum atomic E-state index is 12.9. The van der Waals surface area contributed by atoms with Crippen LogP contribution >= 0.6 is 0 Å². The molecule has 1 amide bonds. The highest BCUT2D eigenvalue weighted by atomic mass is 19.3. The molecule has 0 atom stereocenters. The number of piperazine rings is 1. The maximum absolute atomic E-state index is 12.9. The highest BCUT2D eigenvalue weighted by Crippen LogP contribution is 2.25. The van der Waals surface area contributed by atoms with Crippen molar-refractivity contribution in [3.8, 4) is 0 Å². The second-order valence-electron chi connectivity index (χ2n) is 4.91. The topological polar surface area (TPSA) is 49.6 Å². The third kappa shape index (κ3) is 4.59. The number of alkyl halides is 4. The highest BCUT2D eigenvalue weighted by molar-refractivity contribution is 5.84. The molecule has 0 aliphatic carbocycles. The Labute approximate surface area is 115 Å². The van der Waals surface area contributed by atoms with Crippen LogP contribution in [0.1, 0.15) is 19.3 Å². The summed E-state index contributed by atoms with van der Waals surface area (Å²) in [5.74, 6) is -6.35. The molecule has 1 aliphatic rings. The molecule has 4 nitrogen and oxygen atoms in total. The van der Waals surface area contributed by atoms with Crippen LogP contribution in [0.5, 0.6) is 0 Å². The van der Waals surface area contributed by atoms with Gasteiger partial charge in [-0.1, -0.05) is 6.42 Å². The Morgan fingerprint density at radius 2 is 1.70 bits per heavy atom. The van der Waals surface area contributed by atoms with Crippen molar-refractivity contribution in [1.82, 2.24) is 9.80 Å². The van der Waals surface area contributed by atoms with E-state index in [0.717, 1.165) is 30.7 Å². The summed E-state index contributed by atoms with van der Waals surface area (Å²) in [6, 6.07) is 0. The summed E-state index contributed by atoms with van der Waals surface area (Å²) in [6.45, 7) is 2.47. The van der Waals surface area contributed by atoms with Crippen molar-refractivity contribution in [2.75, 3.05) is 39.3 Å². The number of hydrogen-bond acceptors (Lipinski definition) is 3. The molecule has 0 spiro atoms. The van der Waals surface area contributed by atoms with Gasteiger partial charge in [0, 0.05) is 26.2 Å². The molecule has 1 saturated heterocycles. The predicted octanol–water partition coefficient (Wildman–Crippen LogP) is 1.16. The van der Waals surface area contributed by atoms with E-state index in [1.165, 1.54) is 0 Å². The van der Waals surface area contributed by atoms with E-state index in [4.69, 9.17) is 5.73 Å². The normalized spacial score (nSPS) is 17.8. The Balaban J connectivity index is 2.33. The molecule has 0 radical (unpaired) electrons. The lowest BCUT2D eigenvalue weighted by Crippen LogP contribution is -2.55. The van der Waals surface area contributed by atoms with E-state index in [2.05, 4.69) is 0 Å². The lowest BCUT2D eigenvalue weighted by atomic mass is 10.2. The van der Waals surface area contributed by atoms with E-state index in [1.54, 1.807) is 0 Å². The number of carbonyl (C=O) groups is 1. The number of nitrogens with zero attached hydrogens (tertiary/aromatic N) is 2. The van der Waals surface area contributed by atoms with Gasteiger partial charge in [0.15, 0.2) is 0 Å². The first-order valence-corrected chi connectivity index (χ1v) is 6.77. The molecule has 0 aromatic carbocycles. The number of hydrogen-bond donors (Lipinski definition) is 1. The summed E-state index contributed by atoms with van der Waals surface area (Å²) >= 11 is 0. The van der Waals surface area contributed by atoms with Crippen molar-refractivity contribution in [2.24, 2.45) is 5.73 Å². The fourth-order valence-corrected chi connectivity index (χ4v) is 2.14. The fraction of sp³-hybridized carbons (Fsp3) is 0.917. The second kappa shape index (κ2) is 7.78. The van der Waals surface area contributed by atoms with Gasteiger partial charge in [0.05, 0.1) is 0 Å². The third-order valence-corrected chi connectivity index (χ3v) is 3.40. The molecule has 0 saturated carbocycles. The zero-order chi connectivity index (χ0) is 15.2. The first-order valence-electron chi connectivity index (χ1n) is 6.77. The van der Waals surface area contributed by atoms with Gasteiger partial charge in [0.1, 0.15) is 0 Å². The molecule has 2 N–H and O–H groups in total. The van der Waals surface area contributed by atoms with Gasteiger partial charge in [0.25, 0.3) is 5.91 Å². The molecule has 8 heteroatoms. The number of carbonyl (C=O) groups excluding carboxylic acids is 1. The SMILES string of the molecule is NCCCCCN1CCN(C(=O)C(F)(F)C(F)F)CC1. The molecule has 0 unspecified atom stereocenters. The first-order chi connectivity index (χ1) is 9.39. The highest BCUT2D eigenvalue weighted by Gasteiger charge is 2.51. The summed E-state index contributed by atoms with van der Waals surface area (Å²) < 4.78 is 50.1. The third-order valence-electron chi connectivity index (χ3n) is 3.40. The van der Waals surface area contributed by atoms with E-state index >= 15 is 0 Å². The first kappa shape index (κ1) is 17.2. The lowest BCUT2D eigenvalue weighted by molar-refractivity contribution is -0.182. The molecule has 20 heavy (non-hydrogen) atoms. The minimum absolute atomic E-state index is 0.0675. The van der Waals surface area contributed by atoms with Gasteiger partial charge in [-0.3, -0.25) is 9.69 Å². The van der Waals surface area contributed by atoms with Crippen molar-refractivity contribution in [3.63, 3.8) is 0 Å². The summed E-state index contributed by atoms with van der Waals surface area (Å²) in [5.41, 5.74) is 5.37. The van der Waals surface area contributed by atoms with E-state index in [9.17, 15) is 22.4 Å². The summed E-state index contributed by atoms with van der Waals surface area (Å²) in [4.78, 5) is 14.2. The number of unbranched alkanes of at least 4 members (excludes halogenated alkanes) is 2. The number of rotatable bonds is 7. The van der Waals surface area contributed by atoms with E-state index < -0.39 is 18.3 Å². The van der Waals surface area contributed by atoms with Crippen LogP contribution in [0.4, 0.5) is 17.6 Å². The molecule has 1 rings (SSSR count). The maximum Gasteiger partial charge on any atom is 0.383 e. The number of nitrogens with two attached hydrogens (primary N) is 1. The van der Waals surface area contributed by atoms with Gasteiger partial charge in [-0.25, -0.2) is 8.78 Å². The molecule has 1 heterocycles. The lowest BCUT2D eigenvalue weighted by Gasteiger charge is -2.36. The molecule has 1 aliphatic heterocycles. The largest absolute Gasteiger partial charge is 0.383 e. The minimum atomic E-state index is -4.58. The van der Waals surface area contributed by atoms with Crippen LogP contribution in [0.15, 0.2) is 0 Å². The van der Waals surface area contributed by atoms with E-state index in [1.807, 2.05) is 4.90 Å². The summed E-state index contributed by atoms with van der Waals surface area (Å²) in [5, 5.41) is 0. The average Bonchev–Trinajstić information content (AvgIpc) is 2.43. The van der Waals surface area contributed by atoms with Crippen LogP contribution < -0.4 is 5.73 Å². The Hall–Kier alpha value is -0.890. The van der Waals surface area contributed by atoms with Gasteiger partial charge >= 0.3 is 12.3 Å². The smallest absolute Gasteiger partial charge is 0.335 e. The summed E-state index contributed by atoms with van der Waals surface area (Å²) in [6.07, 6.45) is -1.06. The Kier molecular flexibility index (Phi) is 6.67. The van der Waals surface area contributed by atoms with Crippen molar-refractivity contribution < 1.29 is 22.4 Å². The van der Waals surface area contributed by atoms with E-state index in [0.29, 0.717) is 19.6 Å². The van der Waals surface area contributed by atoms with Crippen molar-refractivity contribution in [2.45, 2.75) is 31.6 Å². The Morgan fingerprint density at radius 1 is 1.10 bits per heavy atom. The van der Waals surface area contributed by atoms with Crippen LogP contribution in [0.2, 0.25) is 0 Å². The molecule has 0 aromatic heterocycles. The monoisotopic (exact) mass is 299 g/mol. The van der Waals surface area contributed by atoms with Crippen molar-refractivity contribution in [1.29, 1.82) is 0 Å². The van der Waals surface area contributed by atoms with Crippen LogP contribution in [-0.4, -0.2) is 67.3 Å². The molecule has 0 bridgehead atoms. The fourth-order valence-electron chi connectivity index (χ4n) is 2.14. The summed E-state index contributed by atoms with van der Waals surface area (Å²) in [7, 11) is 0. The Bertz CT molecular complexity index is 307. The minimum Gasteiger partial charge on any atom is -0.335 e. The molecule has 118 valence electrons. The predicted molar refractivity (Wildman–Crippen MR) is 66.9 cm³/mol. The van der Waals surface area contributed by atoms with Crippen molar-refractivity contribution in [3.05, 3.63) is 0 Å². The quantitative estimate of drug-likeness (QED) is 0.567. The molecule has 0 aromatic rings. The standard InChI is InChI=1S/C12H21F4N3O/c13-10(14)12(15,16)11(20)19-8-6-18(7-9-19)5-3-1-2-4-17/h10H,1-9,17H2. The van der Waals surface area contributed by atoms with Gasteiger partial charge in [-0.05, 0) is 25.9 Å². The van der Waals surface area contributed by atoms with Crippen molar-refractivity contribution >= 4 is 5.91 Å². The van der Waals surface area contributed by atoms with Gasteiger partial charge in [-0.2, -0.15) is 8.78 Å². The average molecular weight is 299 g/mol. The molecular formula is C12H21F4N3O. The number of amides is 1. The van der Waals surface area contributed by atoms with Crippen LogP contribution in [0.3, 0.4) is 0 Å². The zero-order valence-electron chi connectivity index (χ0n) is 11.3. The van der Waals surface area contributed by atoms with Crippen LogP contribution in [0, 0.1) is 0 Å². The van der Waals surface area contributed by atoms with Gasteiger partial charge < -0.3 is 10.6 Å². The molecule has 1 fully saturated rings. The number of halogens is 4. The van der Waals surface area contributed by atoms with Crippen LogP contribution in [-0.2, 0) is 4.79 Å². The second-order valence-corrected chi connectivity index (χ2v) is 4.91. The van der Waals surface area contributed by atoms with Gasteiger partial charge in [-0.15, -0.1) is 0 Å². The van der Waals surface area contributed by atoms with Gasteiger partial charge in [0.2, 0.25) is 0 Å². The molecular weight excluding hydrogens is 278 g/mol.